The third-order valence-electron chi connectivity index (χ3n) is 4.75. The minimum Gasteiger partial charge on any atom is -0.389 e. The zero-order valence-corrected chi connectivity index (χ0v) is 14.8. The van der Waals surface area contributed by atoms with Gasteiger partial charge in [0.2, 0.25) is 0 Å². The van der Waals surface area contributed by atoms with E-state index in [4.69, 9.17) is 0 Å². The van der Waals surface area contributed by atoms with Gasteiger partial charge < -0.3 is 15.3 Å². The van der Waals surface area contributed by atoms with E-state index in [-0.39, 0.29) is 0 Å². The van der Waals surface area contributed by atoms with Crippen LogP contribution in [0.25, 0.3) is 0 Å². The maximum absolute atomic E-state index is 9.77. The number of aromatic nitrogens is 2. The highest BCUT2D eigenvalue weighted by atomic mass is 16.3. The first-order valence-corrected chi connectivity index (χ1v) is 8.88. The third-order valence-corrected chi connectivity index (χ3v) is 4.75. The first-order chi connectivity index (χ1) is 12.7. The Kier molecular flexibility index (Phi) is 4.54. The van der Waals surface area contributed by atoms with Crippen molar-refractivity contribution < 1.29 is 5.11 Å². The summed E-state index contributed by atoms with van der Waals surface area (Å²) in [5, 5.41) is 13.1. The molecule has 3 aromatic rings. The van der Waals surface area contributed by atoms with Gasteiger partial charge in [0.05, 0.1) is 6.10 Å². The smallest absolute Gasteiger partial charge is 0.135 e. The molecule has 0 spiro atoms. The topological polar surface area (TPSA) is 61.3 Å². The first-order valence-electron chi connectivity index (χ1n) is 8.88. The van der Waals surface area contributed by atoms with Crippen molar-refractivity contribution in [2.45, 2.75) is 26.0 Å². The lowest BCUT2D eigenvalue weighted by Gasteiger charge is -2.30. The van der Waals surface area contributed by atoms with Crippen LogP contribution in [0.2, 0.25) is 0 Å². The predicted molar refractivity (Wildman–Crippen MR) is 104 cm³/mol. The highest BCUT2D eigenvalue weighted by Crippen LogP contribution is 2.27. The number of nitrogens with zero attached hydrogens (tertiary/aromatic N) is 3. The van der Waals surface area contributed by atoms with Gasteiger partial charge in [0, 0.05) is 24.8 Å². The Morgan fingerprint density at radius 1 is 1.04 bits per heavy atom. The molecule has 0 bridgehead atoms. The molecule has 2 N–H and O–H groups in total. The predicted octanol–water partition coefficient (Wildman–Crippen LogP) is 3.84. The minimum atomic E-state index is -0.424. The van der Waals surface area contributed by atoms with Crippen LogP contribution in [-0.2, 0) is 13.0 Å². The lowest BCUT2D eigenvalue weighted by atomic mass is 9.96. The van der Waals surface area contributed by atoms with Crippen molar-refractivity contribution in [3.63, 3.8) is 0 Å². The van der Waals surface area contributed by atoms with Crippen LogP contribution in [0, 0.1) is 0 Å². The monoisotopic (exact) mass is 346 g/mol. The van der Waals surface area contributed by atoms with Crippen LogP contribution in [0.1, 0.15) is 29.7 Å². The van der Waals surface area contributed by atoms with Crippen LogP contribution in [-0.4, -0.2) is 21.6 Å². The second kappa shape index (κ2) is 7.14. The summed E-state index contributed by atoms with van der Waals surface area (Å²) in [5.41, 5.74) is 4.59. The van der Waals surface area contributed by atoms with Crippen LogP contribution in [0.3, 0.4) is 0 Å². The number of benzene rings is 2. The fourth-order valence-corrected chi connectivity index (χ4v) is 3.29. The van der Waals surface area contributed by atoms with Gasteiger partial charge in [-0.3, -0.25) is 0 Å². The second-order valence-electron chi connectivity index (χ2n) is 6.63. The van der Waals surface area contributed by atoms with Gasteiger partial charge in [0.15, 0.2) is 0 Å². The van der Waals surface area contributed by atoms with E-state index < -0.39 is 6.10 Å². The van der Waals surface area contributed by atoms with Crippen LogP contribution in [0.15, 0.2) is 60.9 Å². The van der Waals surface area contributed by atoms with Crippen molar-refractivity contribution in [3.05, 3.63) is 77.6 Å². The summed E-state index contributed by atoms with van der Waals surface area (Å²) in [6.07, 6.45) is 2.13. The van der Waals surface area contributed by atoms with Crippen molar-refractivity contribution in [3.8, 4) is 0 Å². The number of para-hydroxylation sites is 1. The molecule has 0 saturated heterocycles. The molecule has 5 heteroatoms. The molecule has 1 atom stereocenters. The van der Waals surface area contributed by atoms with E-state index in [0.29, 0.717) is 0 Å². The van der Waals surface area contributed by atoms with Gasteiger partial charge in [0.1, 0.15) is 18.0 Å². The molecule has 0 saturated carbocycles. The number of rotatable bonds is 4. The Bertz CT molecular complexity index is 896. The SMILES string of the molecule is C[C@@H](O)c1ccc2c(c1)CCN(c1cc(Nc3ccccc3)ncn1)C2. The fraction of sp³-hybridized carbons (Fsp3) is 0.238. The van der Waals surface area contributed by atoms with E-state index in [1.54, 1.807) is 13.3 Å². The van der Waals surface area contributed by atoms with E-state index in [1.807, 2.05) is 42.5 Å². The number of aliphatic hydroxyl groups excluding tert-OH is 1. The number of fused-ring (bicyclic) bond motifs is 1. The highest BCUT2D eigenvalue weighted by molar-refractivity contribution is 5.59. The van der Waals surface area contributed by atoms with Crippen LogP contribution in [0.4, 0.5) is 17.3 Å². The number of hydrogen-bond donors (Lipinski definition) is 2. The van der Waals surface area contributed by atoms with Crippen molar-refractivity contribution in [2.24, 2.45) is 0 Å². The van der Waals surface area contributed by atoms with Crippen molar-refractivity contribution in [1.82, 2.24) is 9.97 Å². The van der Waals surface area contributed by atoms with Crippen molar-refractivity contribution >= 4 is 17.3 Å². The summed E-state index contributed by atoms with van der Waals surface area (Å²) in [6.45, 7) is 3.52. The largest absolute Gasteiger partial charge is 0.389 e. The Labute approximate surface area is 153 Å². The molecule has 0 amide bonds. The molecule has 132 valence electrons. The number of nitrogens with one attached hydrogen (secondary N) is 1. The molecule has 1 aliphatic rings. The molecule has 1 aliphatic heterocycles. The molecule has 26 heavy (non-hydrogen) atoms. The zero-order valence-electron chi connectivity index (χ0n) is 14.8. The van der Waals surface area contributed by atoms with Crippen molar-refractivity contribution in [1.29, 1.82) is 0 Å². The minimum absolute atomic E-state index is 0.424. The molecule has 2 heterocycles. The van der Waals surface area contributed by atoms with Gasteiger partial charge in [-0.2, -0.15) is 0 Å². The Morgan fingerprint density at radius 3 is 2.69 bits per heavy atom. The molecule has 0 radical (unpaired) electrons. The van der Waals surface area contributed by atoms with Crippen molar-refractivity contribution in [2.75, 3.05) is 16.8 Å². The Balaban J connectivity index is 1.53. The molecule has 1 aromatic heterocycles. The van der Waals surface area contributed by atoms with Gasteiger partial charge in [-0.25, -0.2) is 9.97 Å². The molecule has 0 aliphatic carbocycles. The summed E-state index contributed by atoms with van der Waals surface area (Å²) in [4.78, 5) is 11.1. The standard InChI is InChI=1S/C21H22N4O/c1-15(26)16-7-8-18-13-25(10-9-17(18)11-16)21-12-20(22-14-23-21)24-19-5-3-2-4-6-19/h2-8,11-12,14-15,26H,9-10,13H2,1H3,(H,22,23,24)/t15-/m1/s1. The average molecular weight is 346 g/mol. The maximum atomic E-state index is 9.77. The van der Waals surface area contributed by atoms with E-state index >= 15 is 0 Å². The number of aliphatic hydroxyl groups is 1. The lowest BCUT2D eigenvalue weighted by molar-refractivity contribution is 0.199. The summed E-state index contributed by atoms with van der Waals surface area (Å²) in [5.74, 6) is 1.71. The van der Waals surface area contributed by atoms with E-state index in [1.165, 1.54) is 11.1 Å². The third kappa shape index (κ3) is 3.53. The summed E-state index contributed by atoms with van der Waals surface area (Å²) in [6, 6.07) is 18.2. The molecule has 5 nitrogen and oxygen atoms in total. The van der Waals surface area contributed by atoms with Crippen LogP contribution < -0.4 is 10.2 Å². The molecule has 2 aromatic carbocycles. The lowest BCUT2D eigenvalue weighted by Crippen LogP contribution is -2.31. The van der Waals surface area contributed by atoms with Gasteiger partial charge in [-0.15, -0.1) is 0 Å². The second-order valence-corrected chi connectivity index (χ2v) is 6.63. The van der Waals surface area contributed by atoms with E-state index in [2.05, 4.69) is 32.3 Å². The van der Waals surface area contributed by atoms with Gasteiger partial charge in [-0.1, -0.05) is 36.4 Å². The van der Waals surface area contributed by atoms with E-state index in [0.717, 1.165) is 42.4 Å². The Hall–Kier alpha value is -2.92. The normalized spacial score (nSPS) is 14.6. The Morgan fingerprint density at radius 2 is 1.88 bits per heavy atom. The average Bonchev–Trinajstić information content (AvgIpc) is 2.68. The van der Waals surface area contributed by atoms with Gasteiger partial charge >= 0.3 is 0 Å². The highest BCUT2D eigenvalue weighted by Gasteiger charge is 2.19. The summed E-state index contributed by atoms with van der Waals surface area (Å²) < 4.78 is 0. The van der Waals surface area contributed by atoms with Gasteiger partial charge in [0.25, 0.3) is 0 Å². The maximum Gasteiger partial charge on any atom is 0.135 e. The quantitative estimate of drug-likeness (QED) is 0.752. The number of anilines is 3. The molecular formula is C21H22N4O. The fourth-order valence-electron chi connectivity index (χ4n) is 3.29. The molecular weight excluding hydrogens is 324 g/mol. The van der Waals surface area contributed by atoms with Crippen LogP contribution in [0.5, 0.6) is 0 Å². The van der Waals surface area contributed by atoms with Crippen LogP contribution >= 0.6 is 0 Å². The van der Waals surface area contributed by atoms with Gasteiger partial charge in [-0.05, 0) is 42.2 Å². The van der Waals surface area contributed by atoms with E-state index in [9.17, 15) is 5.11 Å². The molecule has 0 unspecified atom stereocenters. The first kappa shape index (κ1) is 16.5. The summed E-state index contributed by atoms with van der Waals surface area (Å²) in [7, 11) is 0. The zero-order chi connectivity index (χ0) is 17.9. The molecule has 0 fully saturated rings. The molecule has 4 rings (SSSR count). The summed E-state index contributed by atoms with van der Waals surface area (Å²) >= 11 is 0. The number of hydrogen-bond acceptors (Lipinski definition) is 5.